The zero-order valence-electron chi connectivity index (χ0n) is 9.90. The van der Waals surface area contributed by atoms with Gasteiger partial charge >= 0.3 is 0 Å². The highest BCUT2D eigenvalue weighted by Crippen LogP contribution is 2.45. The van der Waals surface area contributed by atoms with Crippen molar-refractivity contribution in [2.75, 3.05) is 7.11 Å². The summed E-state index contributed by atoms with van der Waals surface area (Å²) in [6.07, 6.45) is 2.74. The maximum Gasteiger partial charge on any atom is 0.157 e. The summed E-state index contributed by atoms with van der Waals surface area (Å²) >= 11 is 0. The van der Waals surface area contributed by atoms with Crippen molar-refractivity contribution < 1.29 is 9.53 Å². The highest BCUT2D eigenvalue weighted by molar-refractivity contribution is 5.92. The fourth-order valence-corrected chi connectivity index (χ4v) is 2.42. The van der Waals surface area contributed by atoms with E-state index in [4.69, 9.17) is 10.00 Å². The third-order valence-corrected chi connectivity index (χ3v) is 3.60. The molecule has 0 amide bonds. The topological polar surface area (TPSA) is 50.1 Å². The molecule has 0 bridgehead atoms. The van der Waals surface area contributed by atoms with Crippen LogP contribution < -0.4 is 4.74 Å². The van der Waals surface area contributed by atoms with E-state index in [0.29, 0.717) is 0 Å². The van der Waals surface area contributed by atoms with Crippen LogP contribution in [0.5, 0.6) is 5.75 Å². The lowest BCUT2D eigenvalue weighted by Crippen LogP contribution is -2.42. The third-order valence-electron chi connectivity index (χ3n) is 3.60. The predicted molar refractivity (Wildman–Crippen MR) is 63.8 cm³/mol. The van der Waals surface area contributed by atoms with Crippen LogP contribution in [-0.2, 0) is 10.2 Å². The fourth-order valence-electron chi connectivity index (χ4n) is 2.42. The van der Waals surface area contributed by atoms with Gasteiger partial charge in [0.2, 0.25) is 0 Å². The Bertz CT molecular complexity index is 469. The number of carbonyl (C=O) groups excluding carboxylic acids is 1. The van der Waals surface area contributed by atoms with Crippen LogP contribution in [0.15, 0.2) is 24.3 Å². The fraction of sp³-hybridized carbons (Fsp3) is 0.429. The summed E-state index contributed by atoms with van der Waals surface area (Å²) in [6.45, 7) is 0. The van der Waals surface area contributed by atoms with Crippen molar-refractivity contribution in [2.24, 2.45) is 0 Å². The molecule has 0 radical (unpaired) electrons. The number of carbonyl (C=O) groups is 1. The number of ether oxygens (including phenoxy) is 1. The van der Waals surface area contributed by atoms with Crippen LogP contribution in [0.3, 0.4) is 0 Å². The van der Waals surface area contributed by atoms with Crippen LogP contribution >= 0.6 is 0 Å². The van der Waals surface area contributed by atoms with Crippen LogP contribution in [0.2, 0.25) is 0 Å². The Kier molecular flexibility index (Phi) is 3.14. The minimum Gasteiger partial charge on any atom is -0.497 e. The van der Waals surface area contributed by atoms with E-state index in [1.807, 2.05) is 30.3 Å². The summed E-state index contributed by atoms with van der Waals surface area (Å²) < 4.78 is 5.18. The highest BCUT2D eigenvalue weighted by atomic mass is 16.5. The van der Waals surface area contributed by atoms with Crippen LogP contribution in [0, 0.1) is 11.3 Å². The molecule has 1 fully saturated rings. The number of ketones is 1. The minimum absolute atomic E-state index is 0.00277. The second kappa shape index (κ2) is 4.58. The Morgan fingerprint density at radius 1 is 1.53 bits per heavy atom. The zero-order valence-corrected chi connectivity index (χ0v) is 9.90. The molecule has 1 aliphatic rings. The Morgan fingerprint density at radius 2 is 2.29 bits per heavy atom. The maximum atomic E-state index is 12.1. The summed E-state index contributed by atoms with van der Waals surface area (Å²) in [5.41, 5.74) is 0.563. The van der Waals surface area contributed by atoms with Crippen LogP contribution in [0.25, 0.3) is 0 Å². The number of Topliss-reactive ketones (excluding diaryl/α,β-unsaturated/α-hetero) is 1. The van der Waals surface area contributed by atoms with E-state index in [-0.39, 0.29) is 12.2 Å². The van der Waals surface area contributed by atoms with Gasteiger partial charge in [-0.2, -0.15) is 5.26 Å². The molecule has 1 aromatic rings. The lowest BCUT2D eigenvalue weighted by atomic mass is 9.61. The smallest absolute Gasteiger partial charge is 0.157 e. The molecular formula is C14H15NO2. The van der Waals surface area contributed by atoms with Crippen molar-refractivity contribution in [3.05, 3.63) is 29.8 Å². The van der Waals surface area contributed by atoms with Gasteiger partial charge in [0.15, 0.2) is 5.78 Å². The first kappa shape index (κ1) is 11.7. The number of hydrogen-bond acceptors (Lipinski definition) is 3. The normalized spacial score (nSPS) is 16.7. The molecule has 2 rings (SSSR count). The maximum absolute atomic E-state index is 12.1. The molecule has 0 N–H and O–H groups in total. The van der Waals surface area contributed by atoms with Gasteiger partial charge in [0.1, 0.15) is 5.75 Å². The highest BCUT2D eigenvalue weighted by Gasteiger charge is 2.44. The molecule has 0 aromatic heterocycles. The van der Waals surface area contributed by atoms with Gasteiger partial charge in [0, 0.05) is 0 Å². The van der Waals surface area contributed by atoms with Gasteiger partial charge in [-0.25, -0.2) is 0 Å². The Morgan fingerprint density at radius 3 is 2.82 bits per heavy atom. The Labute approximate surface area is 101 Å². The quantitative estimate of drug-likeness (QED) is 0.797. The molecule has 0 atom stereocenters. The summed E-state index contributed by atoms with van der Waals surface area (Å²) in [4.78, 5) is 12.1. The largest absolute Gasteiger partial charge is 0.497 e. The molecule has 0 spiro atoms. The number of methoxy groups -OCH3 is 1. The van der Waals surface area contributed by atoms with Gasteiger partial charge in [-0.1, -0.05) is 18.6 Å². The van der Waals surface area contributed by atoms with Gasteiger partial charge in [-0.3, -0.25) is 4.79 Å². The zero-order chi connectivity index (χ0) is 12.3. The second-order valence-electron chi connectivity index (χ2n) is 4.43. The standard InChI is InChI=1S/C14H15NO2/c1-17-12-5-2-4-11(10-12)14(7-3-8-14)13(16)6-9-15/h2,4-5,10H,3,6-8H2,1H3. The first-order valence-corrected chi connectivity index (χ1v) is 5.78. The first-order valence-electron chi connectivity index (χ1n) is 5.78. The van der Waals surface area contributed by atoms with E-state index < -0.39 is 5.41 Å². The molecule has 3 heteroatoms. The van der Waals surface area contributed by atoms with Crippen molar-refractivity contribution in [1.82, 2.24) is 0 Å². The first-order chi connectivity index (χ1) is 8.23. The molecule has 1 saturated carbocycles. The van der Waals surface area contributed by atoms with Gasteiger partial charge in [-0.15, -0.1) is 0 Å². The van der Waals surface area contributed by atoms with E-state index >= 15 is 0 Å². The predicted octanol–water partition coefficient (Wildman–Crippen LogP) is 2.60. The van der Waals surface area contributed by atoms with E-state index in [9.17, 15) is 4.79 Å². The van der Waals surface area contributed by atoms with Crippen molar-refractivity contribution in [3.8, 4) is 11.8 Å². The average molecular weight is 229 g/mol. The summed E-state index contributed by atoms with van der Waals surface area (Å²) in [5, 5.41) is 8.67. The van der Waals surface area contributed by atoms with E-state index in [0.717, 1.165) is 30.6 Å². The monoisotopic (exact) mass is 229 g/mol. The molecule has 3 nitrogen and oxygen atoms in total. The number of nitriles is 1. The van der Waals surface area contributed by atoms with Gasteiger partial charge in [0.25, 0.3) is 0 Å². The van der Waals surface area contributed by atoms with Crippen LogP contribution in [0.4, 0.5) is 0 Å². The SMILES string of the molecule is COc1cccc(C2(C(=O)CC#N)CCC2)c1. The summed E-state index contributed by atoms with van der Waals surface area (Å²) in [6, 6.07) is 9.59. The van der Waals surface area contributed by atoms with Crippen molar-refractivity contribution in [1.29, 1.82) is 5.26 Å². The molecule has 1 aliphatic carbocycles. The lowest BCUT2D eigenvalue weighted by molar-refractivity contribution is -0.126. The molecular weight excluding hydrogens is 214 g/mol. The molecule has 0 unspecified atom stereocenters. The van der Waals surface area contributed by atoms with Crippen molar-refractivity contribution in [3.63, 3.8) is 0 Å². The van der Waals surface area contributed by atoms with E-state index in [1.54, 1.807) is 7.11 Å². The summed E-state index contributed by atoms with van der Waals surface area (Å²) in [7, 11) is 1.61. The van der Waals surface area contributed by atoms with Crippen molar-refractivity contribution in [2.45, 2.75) is 31.1 Å². The second-order valence-corrected chi connectivity index (χ2v) is 4.43. The minimum atomic E-state index is -0.426. The van der Waals surface area contributed by atoms with Gasteiger partial charge in [0.05, 0.1) is 25.0 Å². The lowest BCUT2D eigenvalue weighted by Gasteiger charge is -2.40. The Balaban J connectivity index is 2.34. The molecule has 88 valence electrons. The van der Waals surface area contributed by atoms with Crippen molar-refractivity contribution >= 4 is 5.78 Å². The third kappa shape index (κ3) is 1.91. The Hall–Kier alpha value is -1.82. The van der Waals surface area contributed by atoms with Crippen LogP contribution in [-0.4, -0.2) is 12.9 Å². The van der Waals surface area contributed by atoms with Gasteiger partial charge in [-0.05, 0) is 30.5 Å². The number of hydrogen-bond donors (Lipinski definition) is 0. The molecule has 0 heterocycles. The molecule has 0 aliphatic heterocycles. The number of benzene rings is 1. The summed E-state index contributed by atoms with van der Waals surface area (Å²) in [5.74, 6) is 0.804. The molecule has 1 aromatic carbocycles. The number of rotatable bonds is 4. The van der Waals surface area contributed by atoms with Gasteiger partial charge < -0.3 is 4.74 Å². The average Bonchev–Trinajstić information content (AvgIpc) is 2.28. The number of nitrogens with zero attached hydrogens (tertiary/aromatic N) is 1. The van der Waals surface area contributed by atoms with E-state index in [2.05, 4.69) is 0 Å². The molecule has 0 saturated heterocycles. The molecule has 17 heavy (non-hydrogen) atoms. The van der Waals surface area contributed by atoms with E-state index in [1.165, 1.54) is 0 Å². The van der Waals surface area contributed by atoms with Crippen LogP contribution in [0.1, 0.15) is 31.2 Å².